The molecule has 0 spiro atoms. The Morgan fingerprint density at radius 2 is 1.77 bits per heavy atom. The van der Waals surface area contributed by atoms with E-state index in [1.807, 2.05) is 25.1 Å². The van der Waals surface area contributed by atoms with Crippen LogP contribution in [0.5, 0.6) is 11.5 Å². The third-order valence-corrected chi connectivity index (χ3v) is 7.21. The zero-order chi connectivity index (χ0) is 24.9. The fraction of sp³-hybridized carbons (Fsp3) is 0.120. The lowest BCUT2D eigenvalue weighted by Crippen LogP contribution is -2.19. The molecule has 1 heterocycles. The Hall–Kier alpha value is -2.35. The molecular weight excluding hydrogens is 550 g/mol. The van der Waals surface area contributed by atoms with Crippen LogP contribution in [0.4, 0.5) is 5.69 Å². The summed E-state index contributed by atoms with van der Waals surface area (Å²) in [6, 6.07) is 15.9. The first-order chi connectivity index (χ1) is 16.8. The smallest absolute Gasteiger partial charge is 0.264 e. The highest BCUT2D eigenvalue weighted by atomic mass is 35.5. The molecule has 5 nitrogen and oxygen atoms in total. The van der Waals surface area contributed by atoms with E-state index in [4.69, 9.17) is 55.9 Å². The summed E-state index contributed by atoms with van der Waals surface area (Å²) in [5.41, 5.74) is 2.12. The fourth-order valence-electron chi connectivity index (χ4n) is 3.11. The molecule has 0 radical (unpaired) electrons. The molecule has 0 aliphatic carbocycles. The van der Waals surface area contributed by atoms with Gasteiger partial charge in [-0.25, -0.2) is 4.99 Å². The summed E-state index contributed by atoms with van der Waals surface area (Å²) in [4.78, 5) is 17.4. The average molecular weight is 568 g/mol. The van der Waals surface area contributed by atoms with Crippen molar-refractivity contribution in [1.82, 2.24) is 5.32 Å². The molecule has 0 atom stereocenters. The number of carbonyl (C=O) groups excluding carboxylic acids is 1. The first-order valence-corrected chi connectivity index (χ1v) is 12.7. The van der Waals surface area contributed by atoms with E-state index in [1.165, 1.54) is 11.8 Å². The van der Waals surface area contributed by atoms with Crippen molar-refractivity contribution >= 4 is 81.0 Å². The molecule has 180 valence electrons. The number of aliphatic imine (C=N–C) groups is 1. The molecule has 35 heavy (non-hydrogen) atoms. The summed E-state index contributed by atoms with van der Waals surface area (Å²) in [6.07, 6.45) is 1.76. The van der Waals surface area contributed by atoms with Crippen molar-refractivity contribution in [1.29, 1.82) is 0 Å². The summed E-state index contributed by atoms with van der Waals surface area (Å²) in [5, 5.41) is 4.83. The number of amidine groups is 1. The normalized spacial score (nSPS) is 15.5. The summed E-state index contributed by atoms with van der Waals surface area (Å²) in [5.74, 6) is 0.871. The van der Waals surface area contributed by atoms with Gasteiger partial charge in [-0.2, -0.15) is 0 Å². The SMILES string of the molecule is CCOc1cc(/C=C2\SC(=Nc3cccc(Cl)c3Cl)NC2=O)ccc1OCc1ccc(Cl)c(Cl)c1. The van der Waals surface area contributed by atoms with Crippen molar-refractivity contribution in [2.75, 3.05) is 6.61 Å². The zero-order valence-corrected chi connectivity index (χ0v) is 22.1. The largest absolute Gasteiger partial charge is 0.490 e. The average Bonchev–Trinajstić information content (AvgIpc) is 3.17. The van der Waals surface area contributed by atoms with Gasteiger partial charge in [-0.3, -0.25) is 4.79 Å². The van der Waals surface area contributed by atoms with Gasteiger partial charge in [0.15, 0.2) is 16.7 Å². The van der Waals surface area contributed by atoms with Crippen molar-refractivity contribution in [2.45, 2.75) is 13.5 Å². The van der Waals surface area contributed by atoms with Gasteiger partial charge in [-0.05, 0) is 72.3 Å². The molecule has 1 amide bonds. The maximum atomic E-state index is 12.5. The number of halogens is 4. The molecule has 10 heteroatoms. The Morgan fingerprint density at radius 3 is 2.54 bits per heavy atom. The fourth-order valence-corrected chi connectivity index (χ4v) is 4.61. The van der Waals surface area contributed by atoms with Gasteiger partial charge >= 0.3 is 0 Å². The van der Waals surface area contributed by atoms with Crippen molar-refractivity contribution < 1.29 is 14.3 Å². The van der Waals surface area contributed by atoms with Crippen LogP contribution < -0.4 is 14.8 Å². The van der Waals surface area contributed by atoms with E-state index in [0.29, 0.717) is 60.6 Å². The van der Waals surface area contributed by atoms with Crippen LogP contribution in [0.1, 0.15) is 18.1 Å². The molecule has 0 bridgehead atoms. The molecule has 1 N–H and O–H groups in total. The summed E-state index contributed by atoms with van der Waals surface area (Å²) >= 11 is 25.5. The van der Waals surface area contributed by atoms with E-state index in [0.717, 1.165) is 11.1 Å². The minimum atomic E-state index is -0.259. The van der Waals surface area contributed by atoms with Crippen molar-refractivity contribution in [3.8, 4) is 11.5 Å². The quantitative estimate of drug-likeness (QED) is 0.292. The number of nitrogens with zero attached hydrogens (tertiary/aromatic N) is 1. The Morgan fingerprint density at radius 1 is 0.943 bits per heavy atom. The third-order valence-electron chi connectivity index (χ3n) is 4.75. The zero-order valence-electron chi connectivity index (χ0n) is 18.3. The predicted octanol–water partition coefficient (Wildman–Crippen LogP) is 8.17. The molecule has 0 unspecified atom stereocenters. The van der Waals surface area contributed by atoms with Gasteiger partial charge in [-0.15, -0.1) is 0 Å². The lowest BCUT2D eigenvalue weighted by molar-refractivity contribution is -0.115. The van der Waals surface area contributed by atoms with E-state index in [2.05, 4.69) is 10.3 Å². The highest BCUT2D eigenvalue weighted by molar-refractivity contribution is 8.18. The molecule has 4 rings (SSSR count). The second-order valence-electron chi connectivity index (χ2n) is 7.23. The molecule has 1 fully saturated rings. The topological polar surface area (TPSA) is 59.9 Å². The van der Waals surface area contributed by atoms with Crippen LogP contribution in [0.15, 0.2) is 64.5 Å². The van der Waals surface area contributed by atoms with E-state index in [-0.39, 0.29) is 5.91 Å². The molecule has 1 aliphatic rings. The van der Waals surface area contributed by atoms with Crippen molar-refractivity contribution in [3.63, 3.8) is 0 Å². The van der Waals surface area contributed by atoms with E-state index in [9.17, 15) is 4.79 Å². The third kappa shape index (κ3) is 6.46. The van der Waals surface area contributed by atoms with E-state index >= 15 is 0 Å². The molecule has 1 saturated heterocycles. The Bertz CT molecular complexity index is 1340. The Balaban J connectivity index is 1.52. The molecule has 0 aromatic heterocycles. The van der Waals surface area contributed by atoms with Crippen LogP contribution in [-0.2, 0) is 11.4 Å². The van der Waals surface area contributed by atoms with Gasteiger partial charge < -0.3 is 14.8 Å². The number of carbonyl (C=O) groups is 1. The van der Waals surface area contributed by atoms with E-state index < -0.39 is 0 Å². The lowest BCUT2D eigenvalue weighted by Gasteiger charge is -2.13. The molecule has 3 aromatic rings. The van der Waals surface area contributed by atoms with Gasteiger partial charge in [0.05, 0.1) is 37.3 Å². The van der Waals surface area contributed by atoms with Crippen LogP contribution in [0.25, 0.3) is 6.08 Å². The monoisotopic (exact) mass is 566 g/mol. The summed E-state index contributed by atoms with van der Waals surface area (Å²) < 4.78 is 11.7. The second-order valence-corrected chi connectivity index (χ2v) is 9.86. The van der Waals surface area contributed by atoms with Gasteiger partial charge in [0, 0.05) is 0 Å². The summed E-state index contributed by atoms with van der Waals surface area (Å²) in [6.45, 7) is 2.63. The highest BCUT2D eigenvalue weighted by Gasteiger charge is 2.24. The Kier molecular flexibility index (Phi) is 8.52. The first kappa shape index (κ1) is 25.7. The minimum Gasteiger partial charge on any atom is -0.490 e. The van der Waals surface area contributed by atoms with Gasteiger partial charge in [0.1, 0.15) is 6.61 Å². The van der Waals surface area contributed by atoms with Gasteiger partial charge in [0.2, 0.25) is 0 Å². The Labute approximate surface area is 227 Å². The van der Waals surface area contributed by atoms with Crippen LogP contribution in [0.3, 0.4) is 0 Å². The van der Waals surface area contributed by atoms with E-state index in [1.54, 1.807) is 42.5 Å². The number of thioether (sulfide) groups is 1. The highest BCUT2D eigenvalue weighted by Crippen LogP contribution is 2.36. The number of rotatable bonds is 7. The molecular formula is C25H18Cl4N2O3S. The number of hydrogen-bond donors (Lipinski definition) is 1. The standard InChI is InChI=1S/C25H18Cl4N2O3S/c1-2-33-21-11-14(7-9-20(21)34-13-15-6-8-16(26)18(28)10-15)12-22-24(32)31-25(35-22)30-19-5-3-4-17(27)23(19)29/h3-12H,2,13H2,1H3,(H,30,31,32)/b22-12-. The van der Waals surface area contributed by atoms with Crippen molar-refractivity contribution in [2.24, 2.45) is 4.99 Å². The van der Waals surface area contributed by atoms with Gasteiger partial charge in [0.25, 0.3) is 5.91 Å². The minimum absolute atomic E-state index is 0.259. The number of ether oxygens (including phenoxy) is 2. The number of amides is 1. The first-order valence-electron chi connectivity index (χ1n) is 10.4. The lowest BCUT2D eigenvalue weighted by atomic mass is 10.2. The van der Waals surface area contributed by atoms with Crippen LogP contribution in [0, 0.1) is 0 Å². The van der Waals surface area contributed by atoms with Crippen molar-refractivity contribution in [3.05, 3.63) is 90.7 Å². The number of benzene rings is 3. The second kappa shape index (κ2) is 11.6. The van der Waals surface area contributed by atoms with Crippen LogP contribution in [-0.4, -0.2) is 17.7 Å². The predicted molar refractivity (Wildman–Crippen MR) is 146 cm³/mol. The molecule has 1 aliphatic heterocycles. The maximum Gasteiger partial charge on any atom is 0.264 e. The number of hydrogen-bond acceptors (Lipinski definition) is 5. The maximum absolute atomic E-state index is 12.5. The molecule has 3 aromatic carbocycles. The number of nitrogens with one attached hydrogen (secondary N) is 1. The van der Waals surface area contributed by atoms with Crippen LogP contribution >= 0.6 is 58.2 Å². The summed E-state index contributed by atoms with van der Waals surface area (Å²) in [7, 11) is 0. The van der Waals surface area contributed by atoms with Gasteiger partial charge in [-0.1, -0.05) is 64.6 Å². The molecule has 0 saturated carbocycles. The van der Waals surface area contributed by atoms with Crippen LogP contribution in [0.2, 0.25) is 20.1 Å².